The van der Waals surface area contributed by atoms with Gasteiger partial charge in [0.1, 0.15) is 11.3 Å². The summed E-state index contributed by atoms with van der Waals surface area (Å²) in [6.45, 7) is 0. The Morgan fingerprint density at radius 1 is 0.882 bits per heavy atom. The predicted molar refractivity (Wildman–Crippen MR) is 67.8 cm³/mol. The van der Waals surface area contributed by atoms with Crippen LogP contribution in [0.2, 0.25) is 0 Å². The van der Waals surface area contributed by atoms with E-state index < -0.39 is 0 Å². The van der Waals surface area contributed by atoms with Crippen LogP contribution in [-0.4, -0.2) is 9.97 Å². The molecule has 0 spiro atoms. The highest BCUT2D eigenvalue weighted by Gasteiger charge is 2.05. The third kappa shape index (κ3) is 1.72. The van der Waals surface area contributed by atoms with Gasteiger partial charge in [0.15, 0.2) is 0 Å². The van der Waals surface area contributed by atoms with E-state index in [1.54, 1.807) is 6.07 Å². The summed E-state index contributed by atoms with van der Waals surface area (Å²) in [5, 5.41) is 0. The SMILES string of the molecule is O=c1ccccc2[nH]c(-c3ccccc3)nc12. The summed E-state index contributed by atoms with van der Waals surface area (Å²) >= 11 is 0. The Balaban J connectivity index is 2.30. The number of aromatic amines is 1. The second-order valence-corrected chi connectivity index (χ2v) is 3.80. The molecule has 1 N–H and O–H groups in total. The van der Waals surface area contributed by atoms with Crippen LogP contribution in [0.15, 0.2) is 59.4 Å². The zero-order chi connectivity index (χ0) is 11.7. The Labute approximate surface area is 97.8 Å². The van der Waals surface area contributed by atoms with Gasteiger partial charge in [-0.15, -0.1) is 0 Å². The first-order valence-electron chi connectivity index (χ1n) is 5.39. The van der Waals surface area contributed by atoms with Gasteiger partial charge >= 0.3 is 0 Å². The molecule has 3 nitrogen and oxygen atoms in total. The van der Waals surface area contributed by atoms with Crippen molar-refractivity contribution in [1.29, 1.82) is 0 Å². The minimum Gasteiger partial charge on any atom is -0.338 e. The maximum absolute atomic E-state index is 11.7. The first-order chi connectivity index (χ1) is 8.34. The Bertz CT molecular complexity index is 717. The number of benzene rings is 1. The molecule has 1 aromatic heterocycles. The standard InChI is InChI=1S/C14H10N2O/c17-12-9-5-4-8-11-13(12)16-14(15-11)10-6-2-1-3-7-10/h1-9H,(H,15,16). The lowest BCUT2D eigenvalue weighted by Gasteiger charge is -1.93. The van der Waals surface area contributed by atoms with Crippen LogP contribution in [0.3, 0.4) is 0 Å². The largest absolute Gasteiger partial charge is 0.338 e. The van der Waals surface area contributed by atoms with Crippen LogP contribution in [0.25, 0.3) is 22.4 Å². The maximum Gasteiger partial charge on any atom is 0.206 e. The molecule has 0 amide bonds. The third-order valence-electron chi connectivity index (χ3n) is 2.63. The van der Waals surface area contributed by atoms with Crippen molar-refractivity contribution in [3.05, 3.63) is 64.8 Å². The number of H-pyrrole nitrogens is 1. The van der Waals surface area contributed by atoms with Gasteiger partial charge in [0, 0.05) is 5.56 Å². The average Bonchev–Trinajstić information content (AvgIpc) is 2.72. The molecule has 0 saturated carbocycles. The molecular weight excluding hydrogens is 212 g/mol. The van der Waals surface area contributed by atoms with Crippen molar-refractivity contribution < 1.29 is 0 Å². The average molecular weight is 222 g/mol. The minimum absolute atomic E-state index is 0.0663. The van der Waals surface area contributed by atoms with E-state index in [0.717, 1.165) is 16.9 Å². The lowest BCUT2D eigenvalue weighted by Crippen LogP contribution is -1.94. The van der Waals surface area contributed by atoms with Crippen LogP contribution >= 0.6 is 0 Å². The molecule has 0 radical (unpaired) electrons. The van der Waals surface area contributed by atoms with Crippen molar-refractivity contribution in [3.63, 3.8) is 0 Å². The van der Waals surface area contributed by atoms with Gasteiger partial charge in [-0.05, 0) is 12.1 Å². The summed E-state index contributed by atoms with van der Waals surface area (Å²) in [4.78, 5) is 19.3. The fourth-order valence-electron chi connectivity index (χ4n) is 1.80. The third-order valence-corrected chi connectivity index (χ3v) is 2.63. The molecule has 3 rings (SSSR count). The molecule has 17 heavy (non-hydrogen) atoms. The van der Waals surface area contributed by atoms with Gasteiger partial charge < -0.3 is 4.98 Å². The number of hydrogen-bond acceptors (Lipinski definition) is 2. The molecule has 0 bridgehead atoms. The van der Waals surface area contributed by atoms with E-state index in [0.29, 0.717) is 5.52 Å². The Hall–Kier alpha value is -2.42. The van der Waals surface area contributed by atoms with Crippen LogP contribution in [-0.2, 0) is 0 Å². The van der Waals surface area contributed by atoms with Gasteiger partial charge in [-0.25, -0.2) is 4.98 Å². The van der Waals surface area contributed by atoms with Crippen LogP contribution < -0.4 is 5.43 Å². The molecule has 0 aliphatic heterocycles. The summed E-state index contributed by atoms with van der Waals surface area (Å²) in [5.74, 6) is 0.726. The molecule has 2 aromatic carbocycles. The molecule has 0 unspecified atom stereocenters. The molecular formula is C14H10N2O. The highest BCUT2D eigenvalue weighted by Crippen LogP contribution is 2.17. The lowest BCUT2D eigenvalue weighted by molar-refractivity contribution is 1.33. The second kappa shape index (κ2) is 3.87. The summed E-state index contributed by atoms with van der Waals surface area (Å²) in [6, 6.07) is 16.7. The van der Waals surface area contributed by atoms with Crippen LogP contribution in [0.5, 0.6) is 0 Å². The van der Waals surface area contributed by atoms with Gasteiger partial charge in [-0.2, -0.15) is 0 Å². The van der Waals surface area contributed by atoms with E-state index in [1.165, 1.54) is 6.07 Å². The Morgan fingerprint density at radius 3 is 2.41 bits per heavy atom. The highest BCUT2D eigenvalue weighted by atomic mass is 16.1. The van der Waals surface area contributed by atoms with E-state index in [9.17, 15) is 4.79 Å². The van der Waals surface area contributed by atoms with E-state index in [-0.39, 0.29) is 5.43 Å². The molecule has 0 saturated heterocycles. The number of imidazole rings is 1. The molecule has 82 valence electrons. The van der Waals surface area contributed by atoms with E-state index in [2.05, 4.69) is 9.97 Å². The zero-order valence-corrected chi connectivity index (χ0v) is 9.05. The Kier molecular flexibility index (Phi) is 2.22. The van der Waals surface area contributed by atoms with Gasteiger partial charge in [0.2, 0.25) is 5.43 Å². The first kappa shape index (κ1) is 9.78. The van der Waals surface area contributed by atoms with Crippen molar-refractivity contribution in [2.75, 3.05) is 0 Å². The summed E-state index contributed by atoms with van der Waals surface area (Å²) in [5.41, 5.74) is 2.15. The van der Waals surface area contributed by atoms with Gasteiger partial charge in [-0.3, -0.25) is 4.79 Å². The first-order valence-corrected chi connectivity index (χ1v) is 5.39. The number of rotatable bonds is 1. The number of aromatic nitrogens is 2. The molecule has 0 fully saturated rings. The molecule has 0 atom stereocenters. The highest BCUT2D eigenvalue weighted by molar-refractivity contribution is 5.78. The van der Waals surface area contributed by atoms with Crippen molar-refractivity contribution in [3.8, 4) is 11.4 Å². The minimum atomic E-state index is -0.0663. The van der Waals surface area contributed by atoms with Crippen molar-refractivity contribution >= 4 is 11.0 Å². The lowest BCUT2D eigenvalue weighted by atomic mass is 10.2. The number of nitrogens with one attached hydrogen (secondary N) is 1. The Morgan fingerprint density at radius 2 is 1.59 bits per heavy atom. The summed E-state index contributed by atoms with van der Waals surface area (Å²) in [7, 11) is 0. The quantitative estimate of drug-likeness (QED) is 0.687. The number of nitrogens with zero attached hydrogens (tertiary/aromatic N) is 1. The van der Waals surface area contributed by atoms with Crippen molar-refractivity contribution in [2.24, 2.45) is 0 Å². The van der Waals surface area contributed by atoms with Crippen LogP contribution in [0.4, 0.5) is 0 Å². The predicted octanol–water partition coefficient (Wildman–Crippen LogP) is 2.59. The molecule has 0 aliphatic carbocycles. The summed E-state index contributed by atoms with van der Waals surface area (Å²) < 4.78 is 0. The molecule has 3 aromatic rings. The smallest absolute Gasteiger partial charge is 0.206 e. The topological polar surface area (TPSA) is 45.8 Å². The molecule has 1 heterocycles. The fraction of sp³-hybridized carbons (Fsp3) is 0. The van der Waals surface area contributed by atoms with Gasteiger partial charge in [0.25, 0.3) is 0 Å². The maximum atomic E-state index is 11.7. The zero-order valence-electron chi connectivity index (χ0n) is 9.05. The van der Waals surface area contributed by atoms with E-state index in [1.807, 2.05) is 42.5 Å². The number of fused-ring (bicyclic) bond motifs is 1. The summed E-state index contributed by atoms with van der Waals surface area (Å²) in [6.07, 6.45) is 0. The van der Waals surface area contributed by atoms with E-state index >= 15 is 0 Å². The van der Waals surface area contributed by atoms with Gasteiger partial charge in [-0.1, -0.05) is 42.5 Å². The molecule has 3 heteroatoms. The van der Waals surface area contributed by atoms with Crippen molar-refractivity contribution in [1.82, 2.24) is 9.97 Å². The van der Waals surface area contributed by atoms with E-state index in [4.69, 9.17) is 0 Å². The van der Waals surface area contributed by atoms with Gasteiger partial charge in [0.05, 0.1) is 5.52 Å². The van der Waals surface area contributed by atoms with Crippen molar-refractivity contribution in [2.45, 2.75) is 0 Å². The second-order valence-electron chi connectivity index (χ2n) is 3.80. The number of hydrogen-bond donors (Lipinski definition) is 1. The van der Waals surface area contributed by atoms with Crippen LogP contribution in [0.1, 0.15) is 0 Å². The fourth-order valence-corrected chi connectivity index (χ4v) is 1.80. The van der Waals surface area contributed by atoms with Crippen LogP contribution in [0, 0.1) is 0 Å². The molecule has 0 aliphatic rings. The monoisotopic (exact) mass is 222 g/mol. The normalized spacial score (nSPS) is 10.6.